The van der Waals surface area contributed by atoms with Crippen molar-refractivity contribution in [2.24, 2.45) is 0 Å². The van der Waals surface area contributed by atoms with Gasteiger partial charge >= 0.3 is 0 Å². The van der Waals surface area contributed by atoms with Gasteiger partial charge in [-0.05, 0) is 67.0 Å². The molecule has 0 N–H and O–H groups in total. The van der Waals surface area contributed by atoms with Crippen molar-refractivity contribution in [2.75, 3.05) is 26.2 Å². The van der Waals surface area contributed by atoms with Crippen LogP contribution in [-0.2, 0) is 6.54 Å². The Morgan fingerprint density at radius 3 is 2.26 bits per heavy atom. The van der Waals surface area contributed by atoms with Crippen LogP contribution in [0.4, 0.5) is 0 Å². The lowest BCUT2D eigenvalue weighted by atomic mass is 10.1. The fourth-order valence-corrected chi connectivity index (χ4v) is 6.54. The van der Waals surface area contributed by atoms with E-state index in [0.29, 0.717) is 38.4 Å². The van der Waals surface area contributed by atoms with E-state index in [1.807, 2.05) is 17.0 Å². The lowest BCUT2D eigenvalue weighted by molar-refractivity contribution is 0.0744. The minimum atomic E-state index is -0.0840. The fourth-order valence-electron chi connectivity index (χ4n) is 4.37. The predicted molar refractivity (Wildman–Crippen MR) is 153 cm³/mol. The third kappa shape index (κ3) is 5.95. The molecule has 0 saturated carbocycles. The fraction of sp³-hybridized carbons (Fsp3) is 0.321. The molecule has 7 heteroatoms. The summed E-state index contributed by atoms with van der Waals surface area (Å²) in [6.07, 6.45) is 1.95. The van der Waals surface area contributed by atoms with Gasteiger partial charge in [0, 0.05) is 18.5 Å². The third-order valence-electron chi connectivity index (χ3n) is 6.40. The zero-order valence-electron chi connectivity index (χ0n) is 20.0. The molecule has 1 amide bonds. The number of carbonyl (C=O) groups excluding carboxylic acids is 1. The van der Waals surface area contributed by atoms with E-state index in [4.69, 9.17) is 34.8 Å². The monoisotopic (exact) mass is 546 g/mol. The van der Waals surface area contributed by atoms with Crippen LogP contribution in [-0.4, -0.2) is 41.9 Å². The number of nitrogens with zero attached hydrogens (tertiary/aromatic N) is 2. The van der Waals surface area contributed by atoms with Crippen molar-refractivity contribution in [3.05, 3.63) is 80.1 Å². The van der Waals surface area contributed by atoms with Crippen LogP contribution in [0.5, 0.6) is 0 Å². The van der Waals surface area contributed by atoms with Gasteiger partial charge in [0.2, 0.25) is 0 Å². The minimum Gasteiger partial charge on any atom is -0.334 e. The number of thiophene rings is 1. The largest absolute Gasteiger partial charge is 0.334 e. The van der Waals surface area contributed by atoms with E-state index in [1.54, 1.807) is 12.1 Å². The van der Waals surface area contributed by atoms with Crippen molar-refractivity contribution in [3.8, 4) is 0 Å². The molecule has 0 fully saturated rings. The van der Waals surface area contributed by atoms with Crippen molar-refractivity contribution in [1.29, 1.82) is 0 Å². The summed E-state index contributed by atoms with van der Waals surface area (Å²) in [5.41, 5.74) is 1.09. The Bertz CT molecular complexity index is 1330. The Kier molecular flexibility index (Phi) is 8.96. The van der Waals surface area contributed by atoms with E-state index in [0.717, 1.165) is 48.1 Å². The van der Waals surface area contributed by atoms with E-state index in [-0.39, 0.29) is 5.91 Å². The van der Waals surface area contributed by atoms with E-state index in [2.05, 4.69) is 49.1 Å². The smallest absolute Gasteiger partial charge is 0.265 e. The van der Waals surface area contributed by atoms with E-state index in [9.17, 15) is 4.79 Å². The van der Waals surface area contributed by atoms with E-state index >= 15 is 0 Å². The van der Waals surface area contributed by atoms with Gasteiger partial charge in [-0.15, -0.1) is 11.3 Å². The molecular weight excluding hydrogens is 519 g/mol. The molecule has 35 heavy (non-hydrogen) atoms. The molecule has 0 radical (unpaired) electrons. The summed E-state index contributed by atoms with van der Waals surface area (Å²) in [5.74, 6) is -0.0840. The normalized spacial score (nSPS) is 11.6. The van der Waals surface area contributed by atoms with E-state index < -0.39 is 0 Å². The zero-order valence-corrected chi connectivity index (χ0v) is 23.1. The molecule has 4 rings (SSSR count). The van der Waals surface area contributed by atoms with Crippen LogP contribution < -0.4 is 0 Å². The van der Waals surface area contributed by atoms with Crippen LogP contribution in [0.15, 0.2) is 54.6 Å². The molecule has 0 aliphatic rings. The first kappa shape index (κ1) is 26.2. The van der Waals surface area contributed by atoms with Gasteiger partial charge in [0.1, 0.15) is 4.88 Å². The zero-order chi connectivity index (χ0) is 24.9. The number of hydrogen-bond acceptors (Lipinski definition) is 3. The molecule has 0 spiro atoms. The summed E-state index contributed by atoms with van der Waals surface area (Å²) in [6.45, 7) is 8.63. The molecule has 1 aromatic heterocycles. The number of unbranched alkanes of at least 4 members (excludes halogenated alkanes) is 1. The number of rotatable bonds is 10. The maximum Gasteiger partial charge on any atom is 0.265 e. The van der Waals surface area contributed by atoms with Crippen LogP contribution in [0, 0.1) is 0 Å². The molecule has 0 unspecified atom stereocenters. The highest BCUT2D eigenvalue weighted by Gasteiger charge is 2.25. The topological polar surface area (TPSA) is 23.6 Å². The lowest BCUT2D eigenvalue weighted by Gasteiger charge is -2.24. The highest BCUT2D eigenvalue weighted by molar-refractivity contribution is 7.22. The summed E-state index contributed by atoms with van der Waals surface area (Å²) in [6, 6.07) is 18.1. The summed E-state index contributed by atoms with van der Waals surface area (Å²) < 4.78 is 0.750. The van der Waals surface area contributed by atoms with Crippen molar-refractivity contribution in [3.63, 3.8) is 0 Å². The molecule has 0 aliphatic carbocycles. The van der Waals surface area contributed by atoms with Crippen molar-refractivity contribution >= 4 is 72.9 Å². The minimum absolute atomic E-state index is 0.0840. The number of fused-ring (bicyclic) bond motifs is 2. The maximum atomic E-state index is 13.8. The van der Waals surface area contributed by atoms with Gasteiger partial charge in [0.25, 0.3) is 5.91 Å². The second kappa shape index (κ2) is 11.9. The first-order chi connectivity index (χ1) is 16.9. The average molecular weight is 548 g/mol. The first-order valence-corrected chi connectivity index (χ1v) is 13.9. The summed E-state index contributed by atoms with van der Waals surface area (Å²) in [7, 11) is 0. The molecular formula is C28H29Cl3N2OS. The lowest BCUT2D eigenvalue weighted by Crippen LogP contribution is -2.32. The summed E-state index contributed by atoms with van der Waals surface area (Å²) in [5, 5.41) is 4.44. The average Bonchev–Trinajstić information content (AvgIpc) is 3.23. The molecule has 0 aliphatic heterocycles. The molecule has 0 saturated heterocycles. The molecule has 1 heterocycles. The van der Waals surface area contributed by atoms with Crippen LogP contribution in [0.1, 0.15) is 41.9 Å². The number of benzene rings is 3. The number of hydrogen-bond donors (Lipinski definition) is 0. The van der Waals surface area contributed by atoms with Gasteiger partial charge in [-0.2, -0.15) is 0 Å². The Hall–Kier alpha value is -1.82. The third-order valence-corrected chi connectivity index (χ3v) is 8.84. The van der Waals surface area contributed by atoms with Crippen molar-refractivity contribution in [1.82, 2.24) is 9.80 Å². The van der Waals surface area contributed by atoms with Crippen LogP contribution in [0.25, 0.3) is 20.9 Å². The Morgan fingerprint density at radius 2 is 1.54 bits per heavy atom. The van der Waals surface area contributed by atoms with Gasteiger partial charge in [0.15, 0.2) is 0 Å². The van der Waals surface area contributed by atoms with Gasteiger partial charge in [-0.25, -0.2) is 0 Å². The van der Waals surface area contributed by atoms with Crippen molar-refractivity contribution < 1.29 is 4.79 Å². The predicted octanol–water partition coefficient (Wildman–Crippen LogP) is 8.78. The van der Waals surface area contributed by atoms with Gasteiger partial charge < -0.3 is 9.80 Å². The highest BCUT2D eigenvalue weighted by Crippen LogP contribution is 2.43. The second-order valence-corrected chi connectivity index (χ2v) is 10.8. The highest BCUT2D eigenvalue weighted by atomic mass is 35.5. The number of halogens is 3. The van der Waals surface area contributed by atoms with Gasteiger partial charge in [-0.1, -0.05) is 85.0 Å². The standard InChI is InChI=1S/C28H29Cl3N2OS/c1-3-32(4-2)15-7-8-16-33(18-19-11-12-20-9-5-6-10-21(20)17-19)28(34)27-25(31)24-22(29)13-14-23(30)26(24)35-27/h5-6,9-14,17H,3-4,7-8,15-16,18H2,1-2H3. The molecule has 4 aromatic rings. The molecule has 3 aromatic carbocycles. The molecule has 3 nitrogen and oxygen atoms in total. The van der Waals surface area contributed by atoms with Gasteiger partial charge in [-0.3, -0.25) is 4.79 Å². The number of carbonyl (C=O) groups is 1. The maximum absolute atomic E-state index is 13.8. The van der Waals surface area contributed by atoms with Crippen LogP contribution in [0.3, 0.4) is 0 Å². The Morgan fingerprint density at radius 1 is 0.857 bits per heavy atom. The number of amides is 1. The van der Waals surface area contributed by atoms with Gasteiger partial charge in [0.05, 0.1) is 19.8 Å². The summed E-state index contributed by atoms with van der Waals surface area (Å²) >= 11 is 20.8. The van der Waals surface area contributed by atoms with E-state index in [1.165, 1.54) is 16.7 Å². The Labute approximate surface area is 226 Å². The molecule has 0 bridgehead atoms. The van der Waals surface area contributed by atoms with Crippen LogP contribution >= 0.6 is 46.1 Å². The van der Waals surface area contributed by atoms with Crippen LogP contribution in [0.2, 0.25) is 15.1 Å². The second-order valence-electron chi connectivity index (χ2n) is 8.62. The molecule has 0 atom stereocenters. The molecule has 184 valence electrons. The Balaban J connectivity index is 1.61. The summed E-state index contributed by atoms with van der Waals surface area (Å²) in [4.78, 5) is 18.6. The SMILES string of the molecule is CCN(CC)CCCCN(Cc1ccc2ccccc2c1)C(=O)c1sc2c(Cl)ccc(Cl)c2c1Cl. The quantitative estimate of drug-likeness (QED) is 0.185. The first-order valence-electron chi connectivity index (χ1n) is 12.0. The van der Waals surface area contributed by atoms with Crippen molar-refractivity contribution in [2.45, 2.75) is 33.2 Å².